The summed E-state index contributed by atoms with van der Waals surface area (Å²) < 4.78 is 10.6. The molecular formula is C23H30N2O4. The lowest BCUT2D eigenvalue weighted by molar-refractivity contribution is 0.0478. The van der Waals surface area contributed by atoms with Crippen LogP contribution < -0.4 is 9.80 Å². The molecule has 0 saturated carbocycles. The topological polar surface area (TPSA) is 59.1 Å². The van der Waals surface area contributed by atoms with Gasteiger partial charge in [-0.3, -0.25) is 0 Å². The van der Waals surface area contributed by atoms with Gasteiger partial charge < -0.3 is 19.3 Å². The highest BCUT2D eigenvalue weighted by Crippen LogP contribution is 2.14. The van der Waals surface area contributed by atoms with Gasteiger partial charge in [-0.05, 0) is 67.8 Å². The van der Waals surface area contributed by atoms with Gasteiger partial charge in [0.2, 0.25) is 0 Å². The Bertz CT molecular complexity index is 716. The van der Waals surface area contributed by atoms with E-state index in [0.717, 1.165) is 30.6 Å². The van der Waals surface area contributed by atoms with Crippen LogP contribution in [0.4, 0.5) is 11.4 Å². The van der Waals surface area contributed by atoms with E-state index < -0.39 is 0 Å². The van der Waals surface area contributed by atoms with E-state index in [1.54, 1.807) is 24.3 Å². The molecule has 0 bridgehead atoms. The van der Waals surface area contributed by atoms with Gasteiger partial charge in [0.05, 0.1) is 24.3 Å². The first kappa shape index (κ1) is 22.3. The second kappa shape index (κ2) is 11.1. The summed E-state index contributed by atoms with van der Waals surface area (Å²) in [6, 6.07) is 14.6. The molecule has 29 heavy (non-hydrogen) atoms. The normalized spacial score (nSPS) is 10.3. The van der Waals surface area contributed by atoms with Gasteiger partial charge in [-0.25, -0.2) is 9.59 Å². The van der Waals surface area contributed by atoms with Gasteiger partial charge in [-0.2, -0.15) is 0 Å². The molecule has 0 amide bonds. The van der Waals surface area contributed by atoms with Gasteiger partial charge in [0.15, 0.2) is 0 Å². The SMILES string of the molecule is CN(C)c1ccc(C(=O)OCCCCCOC(=O)c2ccc(N(C)C)cc2)cc1. The molecule has 0 N–H and O–H groups in total. The summed E-state index contributed by atoms with van der Waals surface area (Å²) >= 11 is 0. The number of unbranched alkanes of at least 4 members (excludes halogenated alkanes) is 2. The Balaban J connectivity index is 1.59. The number of rotatable bonds is 10. The number of ether oxygens (including phenoxy) is 2. The number of hydrogen-bond acceptors (Lipinski definition) is 6. The van der Waals surface area contributed by atoms with Gasteiger partial charge in [0.1, 0.15) is 0 Å². The molecule has 0 unspecified atom stereocenters. The number of anilines is 2. The highest BCUT2D eigenvalue weighted by molar-refractivity contribution is 5.90. The van der Waals surface area contributed by atoms with Crippen molar-refractivity contribution in [2.45, 2.75) is 19.3 Å². The predicted octanol–water partition coefficient (Wildman–Crippen LogP) is 4.00. The maximum Gasteiger partial charge on any atom is 0.338 e. The Hall–Kier alpha value is -3.02. The second-order valence-electron chi connectivity index (χ2n) is 7.22. The van der Waals surface area contributed by atoms with E-state index in [9.17, 15) is 9.59 Å². The average molecular weight is 399 g/mol. The Morgan fingerprint density at radius 3 is 1.28 bits per heavy atom. The summed E-state index contributed by atoms with van der Waals surface area (Å²) in [5.74, 6) is -0.634. The van der Waals surface area contributed by atoms with Crippen molar-refractivity contribution >= 4 is 23.3 Å². The Morgan fingerprint density at radius 2 is 0.966 bits per heavy atom. The number of benzene rings is 2. The minimum absolute atomic E-state index is 0.317. The molecule has 0 saturated heterocycles. The summed E-state index contributed by atoms with van der Waals surface area (Å²) in [7, 11) is 7.80. The second-order valence-corrected chi connectivity index (χ2v) is 7.22. The Labute approximate surface area is 173 Å². The third-order valence-corrected chi connectivity index (χ3v) is 4.49. The van der Waals surface area contributed by atoms with Crippen molar-refractivity contribution in [3.05, 3.63) is 59.7 Å². The first-order valence-corrected chi connectivity index (χ1v) is 9.77. The molecule has 0 aromatic heterocycles. The van der Waals surface area contributed by atoms with Gasteiger partial charge in [0.25, 0.3) is 0 Å². The van der Waals surface area contributed by atoms with Gasteiger partial charge in [-0.1, -0.05) is 0 Å². The molecule has 156 valence electrons. The zero-order chi connectivity index (χ0) is 21.2. The lowest BCUT2D eigenvalue weighted by atomic mass is 10.2. The fourth-order valence-corrected chi connectivity index (χ4v) is 2.67. The van der Waals surface area contributed by atoms with Crippen LogP contribution in [0.1, 0.15) is 40.0 Å². The van der Waals surface area contributed by atoms with Crippen LogP contribution >= 0.6 is 0 Å². The number of carbonyl (C=O) groups is 2. The molecule has 2 aromatic carbocycles. The predicted molar refractivity (Wildman–Crippen MR) is 116 cm³/mol. The quantitative estimate of drug-likeness (QED) is 0.445. The van der Waals surface area contributed by atoms with E-state index in [-0.39, 0.29) is 11.9 Å². The van der Waals surface area contributed by atoms with Crippen molar-refractivity contribution in [2.75, 3.05) is 51.2 Å². The first-order valence-electron chi connectivity index (χ1n) is 9.77. The Morgan fingerprint density at radius 1 is 0.621 bits per heavy atom. The van der Waals surface area contributed by atoms with E-state index >= 15 is 0 Å². The van der Waals surface area contributed by atoms with Crippen LogP contribution in [0.2, 0.25) is 0 Å². The van der Waals surface area contributed by atoms with E-state index in [4.69, 9.17) is 9.47 Å². The van der Waals surface area contributed by atoms with Crippen molar-refractivity contribution in [3.63, 3.8) is 0 Å². The highest BCUT2D eigenvalue weighted by Gasteiger charge is 2.08. The van der Waals surface area contributed by atoms with E-state index in [1.807, 2.05) is 62.3 Å². The monoisotopic (exact) mass is 398 g/mol. The smallest absolute Gasteiger partial charge is 0.338 e. The van der Waals surface area contributed by atoms with E-state index in [0.29, 0.717) is 24.3 Å². The number of carbonyl (C=O) groups excluding carboxylic acids is 2. The molecule has 0 aliphatic rings. The van der Waals surface area contributed by atoms with Crippen LogP contribution in [0.25, 0.3) is 0 Å². The summed E-state index contributed by atoms with van der Waals surface area (Å²) in [6.45, 7) is 0.711. The van der Waals surface area contributed by atoms with Crippen LogP contribution in [0.5, 0.6) is 0 Å². The molecular weight excluding hydrogens is 368 g/mol. The fourth-order valence-electron chi connectivity index (χ4n) is 2.67. The van der Waals surface area contributed by atoms with Crippen molar-refractivity contribution in [1.82, 2.24) is 0 Å². The minimum atomic E-state index is -0.317. The maximum atomic E-state index is 12.0. The maximum absolute atomic E-state index is 12.0. The number of esters is 2. The molecule has 6 heteroatoms. The van der Waals surface area contributed by atoms with Crippen LogP contribution in [0.15, 0.2) is 48.5 Å². The van der Waals surface area contributed by atoms with Crippen molar-refractivity contribution in [1.29, 1.82) is 0 Å². The third kappa shape index (κ3) is 7.14. The summed E-state index contributed by atoms with van der Waals surface area (Å²) in [5, 5.41) is 0. The average Bonchev–Trinajstić information content (AvgIpc) is 2.72. The first-order chi connectivity index (χ1) is 13.9. The van der Waals surface area contributed by atoms with Crippen LogP contribution in [0.3, 0.4) is 0 Å². The lowest BCUT2D eigenvalue weighted by Crippen LogP contribution is -2.10. The zero-order valence-electron chi connectivity index (χ0n) is 17.7. The fraction of sp³-hybridized carbons (Fsp3) is 0.391. The molecule has 0 aliphatic heterocycles. The minimum Gasteiger partial charge on any atom is -0.462 e. The van der Waals surface area contributed by atoms with E-state index in [1.165, 1.54) is 0 Å². The van der Waals surface area contributed by atoms with Crippen molar-refractivity contribution in [3.8, 4) is 0 Å². The summed E-state index contributed by atoms with van der Waals surface area (Å²) in [6.07, 6.45) is 2.28. The van der Waals surface area contributed by atoms with Crippen LogP contribution in [-0.4, -0.2) is 53.3 Å². The van der Waals surface area contributed by atoms with Crippen LogP contribution in [-0.2, 0) is 9.47 Å². The molecule has 0 heterocycles. The molecule has 0 atom stereocenters. The molecule has 6 nitrogen and oxygen atoms in total. The van der Waals surface area contributed by atoms with Crippen molar-refractivity contribution < 1.29 is 19.1 Å². The van der Waals surface area contributed by atoms with Crippen molar-refractivity contribution in [2.24, 2.45) is 0 Å². The zero-order valence-corrected chi connectivity index (χ0v) is 17.7. The largest absolute Gasteiger partial charge is 0.462 e. The lowest BCUT2D eigenvalue weighted by Gasteiger charge is -2.12. The molecule has 0 radical (unpaired) electrons. The Kier molecular flexibility index (Phi) is 8.52. The molecule has 0 aliphatic carbocycles. The van der Waals surface area contributed by atoms with Gasteiger partial charge >= 0.3 is 11.9 Å². The molecule has 0 spiro atoms. The van der Waals surface area contributed by atoms with E-state index in [2.05, 4.69) is 0 Å². The van der Waals surface area contributed by atoms with Gasteiger partial charge in [0, 0.05) is 39.6 Å². The molecule has 2 aromatic rings. The standard InChI is InChI=1S/C23H30N2O4/c1-24(2)20-12-8-18(9-13-20)22(26)28-16-6-5-7-17-29-23(27)19-10-14-21(15-11-19)25(3)4/h8-15H,5-7,16-17H2,1-4H3. The molecule has 2 rings (SSSR count). The summed E-state index contributed by atoms with van der Waals surface area (Å²) in [4.78, 5) is 28.0. The third-order valence-electron chi connectivity index (χ3n) is 4.49. The highest BCUT2D eigenvalue weighted by atomic mass is 16.5. The molecule has 0 fully saturated rings. The van der Waals surface area contributed by atoms with Gasteiger partial charge in [-0.15, -0.1) is 0 Å². The number of hydrogen-bond donors (Lipinski definition) is 0. The summed E-state index contributed by atoms with van der Waals surface area (Å²) in [5.41, 5.74) is 3.16. The van der Waals surface area contributed by atoms with Crippen LogP contribution in [0, 0.1) is 0 Å². The number of nitrogens with zero attached hydrogens (tertiary/aromatic N) is 2.